The van der Waals surface area contributed by atoms with E-state index in [1.165, 1.54) is 0 Å². The van der Waals surface area contributed by atoms with E-state index in [2.05, 4.69) is 0 Å². The maximum atomic E-state index is 14.3. The zero-order valence-electron chi connectivity index (χ0n) is 18.5. The molecule has 0 fully saturated rings. The summed E-state index contributed by atoms with van der Waals surface area (Å²) in [6.45, 7) is 9.27. The summed E-state index contributed by atoms with van der Waals surface area (Å²) >= 11 is 0. The van der Waals surface area contributed by atoms with Crippen LogP contribution in [0.3, 0.4) is 0 Å². The molecule has 164 valence electrons. The van der Waals surface area contributed by atoms with Gasteiger partial charge in [-0.1, -0.05) is 67.6 Å². The average Bonchev–Trinajstić information content (AvgIpc) is 2.72. The number of ether oxygens (including phenoxy) is 1. The van der Waals surface area contributed by atoms with Gasteiger partial charge < -0.3 is 13.8 Å². The second kappa shape index (κ2) is 10.9. The molecule has 0 radical (unpaired) electrons. The lowest BCUT2D eigenvalue weighted by atomic mass is 9.82. The zero-order chi connectivity index (χ0) is 22.2. The molecule has 0 aromatic heterocycles. The molecule has 0 amide bonds. The van der Waals surface area contributed by atoms with Gasteiger partial charge in [0.15, 0.2) is 5.16 Å². The first-order valence-corrected chi connectivity index (χ1v) is 12.0. The highest BCUT2D eigenvalue weighted by Crippen LogP contribution is 2.66. The highest BCUT2D eigenvalue weighted by Gasteiger charge is 2.61. The van der Waals surface area contributed by atoms with Crippen molar-refractivity contribution >= 4 is 13.6 Å². The van der Waals surface area contributed by atoms with Crippen LogP contribution in [0.5, 0.6) is 0 Å². The van der Waals surface area contributed by atoms with E-state index in [-0.39, 0.29) is 25.7 Å². The molecule has 0 aliphatic rings. The first-order chi connectivity index (χ1) is 14.3. The average molecular weight is 432 g/mol. The van der Waals surface area contributed by atoms with E-state index in [1.54, 1.807) is 27.7 Å². The highest BCUT2D eigenvalue weighted by molar-refractivity contribution is 7.57. The number of carbonyl (C=O) groups excluding carboxylic acids is 1. The van der Waals surface area contributed by atoms with Crippen molar-refractivity contribution in [3.05, 3.63) is 71.8 Å². The molecule has 0 bridgehead atoms. The van der Waals surface area contributed by atoms with Crippen LogP contribution in [0.4, 0.5) is 0 Å². The number of hydrogen-bond donors (Lipinski definition) is 0. The van der Waals surface area contributed by atoms with Crippen molar-refractivity contribution in [2.45, 2.75) is 58.2 Å². The van der Waals surface area contributed by atoms with E-state index < -0.39 is 24.6 Å². The summed E-state index contributed by atoms with van der Waals surface area (Å²) < 4.78 is 31.6. The van der Waals surface area contributed by atoms with E-state index in [1.807, 2.05) is 67.6 Å². The Morgan fingerprint density at radius 2 is 1.40 bits per heavy atom. The van der Waals surface area contributed by atoms with Crippen LogP contribution in [-0.4, -0.2) is 30.4 Å². The molecule has 2 rings (SSSR count). The van der Waals surface area contributed by atoms with E-state index >= 15 is 0 Å². The summed E-state index contributed by atoms with van der Waals surface area (Å²) in [5.41, 5.74) is 1.73. The molecular formula is C24H33O5P. The Bertz CT molecular complexity index is 827. The van der Waals surface area contributed by atoms with Crippen molar-refractivity contribution in [1.82, 2.24) is 0 Å². The highest BCUT2D eigenvalue weighted by atomic mass is 31.2. The van der Waals surface area contributed by atoms with Gasteiger partial charge in [-0.05, 0) is 38.8 Å². The van der Waals surface area contributed by atoms with Gasteiger partial charge in [0.05, 0.1) is 19.3 Å². The fraction of sp³-hybridized carbons (Fsp3) is 0.458. The van der Waals surface area contributed by atoms with Crippen LogP contribution in [0.2, 0.25) is 0 Å². The Kier molecular flexibility index (Phi) is 8.84. The Morgan fingerprint density at radius 1 is 0.900 bits per heavy atom. The molecule has 0 N–H and O–H groups in total. The molecule has 0 aliphatic carbocycles. The molecule has 2 atom stereocenters. The van der Waals surface area contributed by atoms with Crippen LogP contribution in [0.15, 0.2) is 60.7 Å². The molecule has 0 saturated heterocycles. The number of benzene rings is 2. The fourth-order valence-electron chi connectivity index (χ4n) is 3.70. The van der Waals surface area contributed by atoms with Crippen LogP contribution in [-0.2, 0) is 29.6 Å². The van der Waals surface area contributed by atoms with Gasteiger partial charge in [-0.3, -0.25) is 9.36 Å². The molecule has 0 unspecified atom stereocenters. The van der Waals surface area contributed by atoms with Crippen molar-refractivity contribution in [2.75, 3.05) is 13.2 Å². The largest absolute Gasteiger partial charge is 0.462 e. The fourth-order valence-corrected chi connectivity index (χ4v) is 6.19. The Labute approximate surface area is 180 Å². The van der Waals surface area contributed by atoms with Crippen molar-refractivity contribution in [1.29, 1.82) is 0 Å². The maximum absolute atomic E-state index is 14.3. The summed E-state index contributed by atoms with van der Waals surface area (Å²) in [5, 5.41) is -1.54. The first-order valence-electron chi connectivity index (χ1n) is 10.5. The van der Waals surface area contributed by atoms with Gasteiger partial charge in [0.2, 0.25) is 0 Å². The number of rotatable bonds is 11. The number of hydrogen-bond acceptors (Lipinski definition) is 5. The predicted octanol–water partition coefficient (Wildman–Crippen LogP) is 5.99. The summed E-state index contributed by atoms with van der Waals surface area (Å²) in [6, 6.07) is 19.1. The third-order valence-electron chi connectivity index (χ3n) is 5.12. The van der Waals surface area contributed by atoms with Crippen LogP contribution < -0.4 is 0 Å². The van der Waals surface area contributed by atoms with Crippen molar-refractivity contribution in [3.63, 3.8) is 0 Å². The smallest absolute Gasteiger partial charge is 0.348 e. The molecule has 0 aliphatic heterocycles. The number of carbonyl (C=O) groups is 1. The second-order valence-corrected chi connectivity index (χ2v) is 9.82. The summed E-state index contributed by atoms with van der Waals surface area (Å²) in [7, 11) is -3.93. The summed E-state index contributed by atoms with van der Waals surface area (Å²) in [5.74, 6) is -1.04. The normalized spacial score (nSPS) is 14.9. The van der Waals surface area contributed by atoms with Crippen LogP contribution in [0.25, 0.3) is 0 Å². The van der Waals surface area contributed by atoms with E-state index in [0.29, 0.717) is 0 Å². The van der Waals surface area contributed by atoms with Crippen molar-refractivity contribution in [2.24, 2.45) is 0 Å². The molecule has 0 saturated carbocycles. The molecular weight excluding hydrogens is 399 g/mol. The quantitative estimate of drug-likeness (QED) is 0.322. The lowest BCUT2D eigenvalue weighted by Crippen LogP contribution is -2.48. The molecule has 30 heavy (non-hydrogen) atoms. The van der Waals surface area contributed by atoms with E-state index in [0.717, 1.165) is 11.1 Å². The van der Waals surface area contributed by atoms with E-state index in [4.69, 9.17) is 13.8 Å². The molecule has 0 heterocycles. The van der Waals surface area contributed by atoms with Gasteiger partial charge in [0, 0.05) is 12.3 Å². The van der Waals surface area contributed by atoms with E-state index in [9.17, 15) is 9.36 Å². The predicted molar refractivity (Wildman–Crippen MR) is 120 cm³/mol. The Morgan fingerprint density at radius 3 is 1.87 bits per heavy atom. The Hall–Kier alpha value is -1.94. The van der Waals surface area contributed by atoms with Gasteiger partial charge in [0.25, 0.3) is 0 Å². The van der Waals surface area contributed by atoms with Gasteiger partial charge in [-0.25, -0.2) is 0 Å². The Balaban J connectivity index is 2.77. The zero-order valence-corrected chi connectivity index (χ0v) is 19.4. The standard InChI is InChI=1S/C24H33O5P/c1-6-27-30(26,28-7-2)24(23(25)29-19(3)4,18-21-14-10-8-11-15-21)20(5)22-16-12-9-13-17-22/h8-17,19-20H,6-7,18H2,1-5H3/t20-,24+/m1/s1. The molecule has 5 nitrogen and oxygen atoms in total. The lowest BCUT2D eigenvalue weighted by molar-refractivity contribution is -0.152. The monoisotopic (exact) mass is 432 g/mol. The minimum Gasteiger partial charge on any atom is -0.462 e. The van der Waals surface area contributed by atoms with Crippen LogP contribution in [0.1, 0.15) is 51.7 Å². The minimum absolute atomic E-state index is 0.157. The van der Waals surface area contributed by atoms with Gasteiger partial charge in [-0.15, -0.1) is 0 Å². The summed E-state index contributed by atoms with van der Waals surface area (Å²) in [6.07, 6.45) is -0.195. The van der Waals surface area contributed by atoms with Gasteiger partial charge >= 0.3 is 13.6 Å². The van der Waals surface area contributed by atoms with Crippen LogP contribution >= 0.6 is 7.60 Å². The third kappa shape index (κ3) is 5.21. The number of esters is 1. The molecule has 0 spiro atoms. The lowest BCUT2D eigenvalue weighted by Gasteiger charge is -2.41. The first kappa shape index (κ1) is 24.3. The third-order valence-corrected chi connectivity index (χ3v) is 8.02. The SMILES string of the molecule is CCOP(=O)(OCC)[C@](Cc1ccccc1)(C(=O)OC(C)C)[C@H](C)c1ccccc1. The van der Waals surface area contributed by atoms with Crippen LogP contribution in [0, 0.1) is 0 Å². The van der Waals surface area contributed by atoms with Gasteiger partial charge in [0.1, 0.15) is 0 Å². The topological polar surface area (TPSA) is 61.8 Å². The minimum atomic E-state index is -3.93. The molecule has 2 aromatic rings. The van der Waals surface area contributed by atoms with Crippen molar-refractivity contribution < 1.29 is 23.1 Å². The van der Waals surface area contributed by atoms with Crippen molar-refractivity contribution in [3.8, 4) is 0 Å². The summed E-state index contributed by atoms with van der Waals surface area (Å²) in [4.78, 5) is 13.7. The van der Waals surface area contributed by atoms with Gasteiger partial charge in [-0.2, -0.15) is 0 Å². The molecule has 2 aromatic carbocycles. The molecule has 6 heteroatoms. The second-order valence-electron chi connectivity index (χ2n) is 7.51. The maximum Gasteiger partial charge on any atom is 0.348 e.